The molecule has 86 valence electrons. The highest BCUT2D eigenvalue weighted by atomic mass is 16.3. The quantitative estimate of drug-likeness (QED) is 0.751. The molecular weight excluding hydrogens is 186 g/mol. The van der Waals surface area contributed by atoms with Crippen molar-refractivity contribution in [3.8, 4) is 0 Å². The Bertz CT molecular complexity index is 259. The third-order valence-electron chi connectivity index (χ3n) is 3.11. The first kappa shape index (κ1) is 12.3. The molecule has 0 aromatic carbocycles. The zero-order valence-electron chi connectivity index (χ0n) is 10.3. The predicted molar refractivity (Wildman–Crippen MR) is 63.7 cm³/mol. The van der Waals surface area contributed by atoms with Gasteiger partial charge in [-0.2, -0.15) is 0 Å². The second-order valence-corrected chi connectivity index (χ2v) is 5.31. The van der Waals surface area contributed by atoms with Crippen LogP contribution in [-0.2, 0) is 6.54 Å². The largest absolute Gasteiger partial charge is 0.468 e. The zero-order chi connectivity index (χ0) is 11.3. The van der Waals surface area contributed by atoms with Gasteiger partial charge in [0.2, 0.25) is 0 Å². The van der Waals surface area contributed by atoms with Gasteiger partial charge >= 0.3 is 0 Å². The Morgan fingerprint density at radius 2 is 2.13 bits per heavy atom. The molecule has 0 aliphatic heterocycles. The Morgan fingerprint density at radius 3 is 2.67 bits per heavy atom. The van der Waals surface area contributed by atoms with Gasteiger partial charge in [0.15, 0.2) is 0 Å². The van der Waals surface area contributed by atoms with E-state index in [4.69, 9.17) is 4.42 Å². The highest BCUT2D eigenvalue weighted by molar-refractivity contribution is 4.97. The van der Waals surface area contributed by atoms with Gasteiger partial charge in [-0.15, -0.1) is 0 Å². The molecular formula is C13H23NO. The summed E-state index contributed by atoms with van der Waals surface area (Å²) in [5.74, 6) is 1.75. The number of hydrogen-bond donors (Lipinski definition) is 1. The van der Waals surface area contributed by atoms with E-state index < -0.39 is 0 Å². The first-order valence-corrected chi connectivity index (χ1v) is 5.73. The van der Waals surface area contributed by atoms with Gasteiger partial charge in [-0.05, 0) is 36.4 Å². The lowest BCUT2D eigenvalue weighted by atomic mass is 9.80. The summed E-state index contributed by atoms with van der Waals surface area (Å²) in [6.45, 7) is 11.1. The predicted octanol–water partition coefficient (Wildman–Crippen LogP) is 3.44. The molecule has 1 N–H and O–H groups in total. The van der Waals surface area contributed by atoms with Gasteiger partial charge in [0, 0.05) is 0 Å². The second kappa shape index (κ2) is 5.36. The van der Waals surface area contributed by atoms with Crippen molar-refractivity contribution in [2.24, 2.45) is 11.3 Å². The number of hydrogen-bond acceptors (Lipinski definition) is 2. The number of furan rings is 1. The van der Waals surface area contributed by atoms with E-state index in [1.54, 1.807) is 6.26 Å². The third kappa shape index (κ3) is 4.52. The molecule has 1 aromatic rings. The summed E-state index contributed by atoms with van der Waals surface area (Å²) in [6, 6.07) is 3.93. The minimum absolute atomic E-state index is 0.409. The van der Waals surface area contributed by atoms with E-state index >= 15 is 0 Å². The van der Waals surface area contributed by atoms with Crippen LogP contribution in [0.2, 0.25) is 0 Å². The molecule has 2 heteroatoms. The van der Waals surface area contributed by atoms with Gasteiger partial charge in [0.1, 0.15) is 5.76 Å². The van der Waals surface area contributed by atoms with Crippen molar-refractivity contribution >= 4 is 0 Å². The summed E-state index contributed by atoms with van der Waals surface area (Å²) in [5.41, 5.74) is 0.409. The first-order valence-electron chi connectivity index (χ1n) is 5.73. The topological polar surface area (TPSA) is 25.2 Å². The van der Waals surface area contributed by atoms with Gasteiger partial charge in [-0.3, -0.25) is 0 Å². The average molecular weight is 209 g/mol. The van der Waals surface area contributed by atoms with Crippen molar-refractivity contribution < 1.29 is 4.42 Å². The van der Waals surface area contributed by atoms with Crippen LogP contribution < -0.4 is 5.32 Å². The molecule has 0 fully saturated rings. The molecule has 0 saturated heterocycles. The van der Waals surface area contributed by atoms with Crippen LogP contribution in [0.15, 0.2) is 22.8 Å². The van der Waals surface area contributed by atoms with Crippen LogP contribution in [0.1, 0.15) is 39.9 Å². The Balaban J connectivity index is 2.12. The van der Waals surface area contributed by atoms with E-state index in [1.807, 2.05) is 12.1 Å². The summed E-state index contributed by atoms with van der Waals surface area (Å²) >= 11 is 0. The van der Waals surface area contributed by atoms with Crippen LogP contribution in [0.5, 0.6) is 0 Å². The number of rotatable bonds is 5. The second-order valence-electron chi connectivity index (χ2n) is 5.31. The van der Waals surface area contributed by atoms with Crippen LogP contribution in [0, 0.1) is 11.3 Å². The highest BCUT2D eigenvalue weighted by Gasteiger charge is 2.18. The molecule has 1 heterocycles. The van der Waals surface area contributed by atoms with Gasteiger partial charge in [-0.25, -0.2) is 0 Å². The van der Waals surface area contributed by atoms with Crippen LogP contribution in [0.4, 0.5) is 0 Å². The normalized spacial score (nSPS) is 14.1. The van der Waals surface area contributed by atoms with Crippen molar-refractivity contribution in [3.05, 3.63) is 24.2 Å². The van der Waals surface area contributed by atoms with Gasteiger partial charge in [-0.1, -0.05) is 27.7 Å². The molecule has 2 nitrogen and oxygen atoms in total. The molecule has 15 heavy (non-hydrogen) atoms. The highest BCUT2D eigenvalue weighted by Crippen LogP contribution is 2.27. The maximum atomic E-state index is 5.25. The Morgan fingerprint density at radius 1 is 1.40 bits per heavy atom. The van der Waals surface area contributed by atoms with Crippen LogP contribution >= 0.6 is 0 Å². The molecule has 0 saturated carbocycles. The van der Waals surface area contributed by atoms with Crippen LogP contribution in [0.25, 0.3) is 0 Å². The van der Waals surface area contributed by atoms with E-state index in [1.165, 1.54) is 6.42 Å². The van der Waals surface area contributed by atoms with Crippen molar-refractivity contribution in [1.82, 2.24) is 5.32 Å². The molecule has 0 aliphatic rings. The lowest BCUT2D eigenvalue weighted by molar-refractivity contribution is 0.244. The van der Waals surface area contributed by atoms with E-state index in [9.17, 15) is 0 Å². The molecule has 0 spiro atoms. The van der Waals surface area contributed by atoms with Crippen molar-refractivity contribution in [1.29, 1.82) is 0 Å². The Labute approximate surface area is 93.1 Å². The summed E-state index contributed by atoms with van der Waals surface area (Å²) < 4.78 is 5.25. The van der Waals surface area contributed by atoms with Crippen molar-refractivity contribution in [2.45, 2.75) is 40.7 Å². The molecule has 0 bridgehead atoms. The SMILES string of the molecule is CC(CCNCc1ccco1)C(C)(C)C. The van der Waals surface area contributed by atoms with E-state index in [2.05, 4.69) is 33.0 Å². The number of nitrogens with one attached hydrogen (secondary N) is 1. The maximum Gasteiger partial charge on any atom is 0.117 e. The van der Waals surface area contributed by atoms with Gasteiger partial charge in [0.05, 0.1) is 12.8 Å². The summed E-state index contributed by atoms with van der Waals surface area (Å²) in [6.07, 6.45) is 2.93. The molecule has 1 rings (SSSR count). The van der Waals surface area contributed by atoms with Crippen molar-refractivity contribution in [3.63, 3.8) is 0 Å². The molecule has 1 aromatic heterocycles. The summed E-state index contributed by atoms with van der Waals surface area (Å²) in [4.78, 5) is 0. The van der Waals surface area contributed by atoms with E-state index in [0.29, 0.717) is 5.41 Å². The molecule has 0 radical (unpaired) electrons. The fraction of sp³-hybridized carbons (Fsp3) is 0.692. The average Bonchev–Trinajstić information content (AvgIpc) is 2.63. The van der Waals surface area contributed by atoms with Gasteiger partial charge < -0.3 is 9.73 Å². The van der Waals surface area contributed by atoms with Crippen LogP contribution in [-0.4, -0.2) is 6.54 Å². The standard InChI is InChI=1S/C13H23NO/c1-11(13(2,3)4)7-8-14-10-12-6-5-9-15-12/h5-6,9,11,14H,7-8,10H2,1-4H3. The Kier molecular flexibility index (Phi) is 4.40. The molecule has 1 atom stereocenters. The molecule has 0 amide bonds. The van der Waals surface area contributed by atoms with Crippen molar-refractivity contribution in [2.75, 3.05) is 6.54 Å². The minimum Gasteiger partial charge on any atom is -0.468 e. The zero-order valence-corrected chi connectivity index (χ0v) is 10.3. The van der Waals surface area contributed by atoms with E-state index in [0.717, 1.165) is 24.8 Å². The lowest BCUT2D eigenvalue weighted by Crippen LogP contribution is -2.23. The maximum absolute atomic E-state index is 5.25. The smallest absolute Gasteiger partial charge is 0.117 e. The molecule has 0 aliphatic carbocycles. The fourth-order valence-corrected chi connectivity index (χ4v) is 1.38. The third-order valence-corrected chi connectivity index (χ3v) is 3.11. The summed E-state index contributed by atoms with van der Waals surface area (Å²) in [5, 5.41) is 3.40. The minimum atomic E-state index is 0.409. The summed E-state index contributed by atoms with van der Waals surface area (Å²) in [7, 11) is 0. The molecule has 1 unspecified atom stereocenters. The van der Waals surface area contributed by atoms with Crippen LogP contribution in [0.3, 0.4) is 0 Å². The monoisotopic (exact) mass is 209 g/mol. The first-order chi connectivity index (χ1) is 7.00. The lowest BCUT2D eigenvalue weighted by Gasteiger charge is -2.27. The Hall–Kier alpha value is -0.760. The van der Waals surface area contributed by atoms with Gasteiger partial charge in [0.25, 0.3) is 0 Å². The van der Waals surface area contributed by atoms with E-state index in [-0.39, 0.29) is 0 Å². The fourth-order valence-electron chi connectivity index (χ4n) is 1.38.